The van der Waals surface area contributed by atoms with Crippen LogP contribution in [0.2, 0.25) is 5.02 Å². The van der Waals surface area contributed by atoms with E-state index in [1.165, 1.54) is 12.1 Å². The van der Waals surface area contributed by atoms with E-state index in [0.717, 1.165) is 43.2 Å². The Hall–Kier alpha value is -2.20. The van der Waals surface area contributed by atoms with Crippen molar-refractivity contribution in [1.29, 1.82) is 0 Å². The molecule has 1 saturated carbocycles. The summed E-state index contributed by atoms with van der Waals surface area (Å²) in [6, 6.07) is 10.2. The van der Waals surface area contributed by atoms with Crippen molar-refractivity contribution in [3.8, 4) is 11.1 Å². The molecule has 0 aromatic heterocycles. The summed E-state index contributed by atoms with van der Waals surface area (Å²) in [5.41, 5.74) is 2.31. The lowest BCUT2D eigenvalue weighted by atomic mass is 9.76. The molecule has 1 unspecified atom stereocenters. The first kappa shape index (κ1) is 18.2. The van der Waals surface area contributed by atoms with Crippen LogP contribution in [-0.2, 0) is 9.59 Å². The van der Waals surface area contributed by atoms with Gasteiger partial charge in [-0.1, -0.05) is 49.1 Å². The zero-order chi connectivity index (χ0) is 19.2. The number of ketones is 1. The summed E-state index contributed by atoms with van der Waals surface area (Å²) in [7, 11) is 0. The van der Waals surface area contributed by atoms with Crippen LogP contribution < -0.4 is 5.32 Å². The predicted octanol–water partition coefficient (Wildman–Crippen LogP) is 4.94. The Bertz CT molecular complexity index is 934. The fraction of sp³-hybridized carbons (Fsp3) is 0.364. The van der Waals surface area contributed by atoms with Gasteiger partial charge in [0.1, 0.15) is 11.7 Å². The van der Waals surface area contributed by atoms with Gasteiger partial charge in [-0.15, -0.1) is 0 Å². The van der Waals surface area contributed by atoms with Crippen LogP contribution in [0.15, 0.2) is 36.4 Å². The number of carbonyl (C=O) groups excluding carboxylic acids is 2. The van der Waals surface area contributed by atoms with E-state index in [1.807, 2.05) is 25.1 Å². The van der Waals surface area contributed by atoms with Crippen molar-refractivity contribution in [3.05, 3.63) is 58.4 Å². The molecular formula is C22H21ClFNO2. The third-order valence-electron chi connectivity index (χ3n) is 5.91. The third-order valence-corrected chi connectivity index (χ3v) is 6.22. The largest absolute Gasteiger partial charge is 0.343 e. The third kappa shape index (κ3) is 3.06. The molecule has 1 aliphatic carbocycles. The smallest absolute Gasteiger partial charge is 0.235 e. The van der Waals surface area contributed by atoms with Gasteiger partial charge in [-0.25, -0.2) is 4.39 Å². The Morgan fingerprint density at radius 2 is 1.70 bits per heavy atom. The highest BCUT2D eigenvalue weighted by molar-refractivity contribution is 6.30. The van der Waals surface area contributed by atoms with Gasteiger partial charge in [0, 0.05) is 0 Å². The number of benzene rings is 2. The zero-order valence-corrected chi connectivity index (χ0v) is 15.9. The van der Waals surface area contributed by atoms with E-state index in [4.69, 9.17) is 11.6 Å². The maximum absolute atomic E-state index is 13.9. The minimum atomic E-state index is -0.791. The number of rotatable bonds is 2. The topological polar surface area (TPSA) is 46.2 Å². The standard InChI is InChI=1S/C22H21ClFNO2/c1-13-5-6-14(15-7-8-17(23)18(24)12-15)11-16(13)19-20(26)22(25-21(19)27)9-3-2-4-10-22/h5-8,11-12,19H,2-4,9-10H2,1H3,(H,25,27). The summed E-state index contributed by atoms with van der Waals surface area (Å²) < 4.78 is 13.9. The molecule has 5 heteroatoms. The number of hydrogen-bond donors (Lipinski definition) is 1. The van der Waals surface area contributed by atoms with Crippen molar-refractivity contribution in [2.24, 2.45) is 0 Å². The molecule has 1 aliphatic heterocycles. The number of aryl methyl sites for hydroxylation is 1. The molecule has 0 radical (unpaired) electrons. The Morgan fingerprint density at radius 3 is 2.41 bits per heavy atom. The molecule has 27 heavy (non-hydrogen) atoms. The molecule has 2 aliphatic rings. The van der Waals surface area contributed by atoms with Crippen LogP contribution in [0.25, 0.3) is 11.1 Å². The SMILES string of the molecule is Cc1ccc(-c2ccc(Cl)c(F)c2)cc1C1C(=O)NC2(CCCCC2)C1=O. The van der Waals surface area contributed by atoms with Crippen LogP contribution in [0.3, 0.4) is 0 Å². The maximum atomic E-state index is 13.9. The Labute approximate surface area is 162 Å². The van der Waals surface area contributed by atoms with E-state index in [-0.39, 0.29) is 16.7 Å². The van der Waals surface area contributed by atoms with Crippen LogP contribution in [-0.4, -0.2) is 17.2 Å². The summed E-state index contributed by atoms with van der Waals surface area (Å²) >= 11 is 5.78. The number of halogens is 2. The van der Waals surface area contributed by atoms with Crippen molar-refractivity contribution < 1.29 is 14.0 Å². The highest BCUT2D eigenvalue weighted by Crippen LogP contribution is 2.40. The quantitative estimate of drug-likeness (QED) is 0.744. The van der Waals surface area contributed by atoms with Gasteiger partial charge in [0.25, 0.3) is 0 Å². The summed E-state index contributed by atoms with van der Waals surface area (Å²) in [4.78, 5) is 26.0. The van der Waals surface area contributed by atoms with Crippen molar-refractivity contribution in [2.75, 3.05) is 0 Å². The highest BCUT2D eigenvalue weighted by atomic mass is 35.5. The Kier molecular flexibility index (Phi) is 4.55. The molecule has 140 valence electrons. The van der Waals surface area contributed by atoms with Crippen molar-refractivity contribution in [1.82, 2.24) is 5.32 Å². The number of carbonyl (C=O) groups is 2. The molecule has 4 rings (SSSR count). The molecule has 3 nitrogen and oxygen atoms in total. The molecule has 1 heterocycles. The monoisotopic (exact) mass is 385 g/mol. The van der Waals surface area contributed by atoms with Crippen LogP contribution in [0, 0.1) is 12.7 Å². The van der Waals surface area contributed by atoms with Crippen LogP contribution in [0.5, 0.6) is 0 Å². The lowest BCUT2D eigenvalue weighted by Gasteiger charge is -2.31. The minimum Gasteiger partial charge on any atom is -0.343 e. The van der Waals surface area contributed by atoms with Crippen molar-refractivity contribution in [2.45, 2.75) is 50.5 Å². The van der Waals surface area contributed by atoms with E-state index in [1.54, 1.807) is 6.07 Å². The van der Waals surface area contributed by atoms with Gasteiger partial charge >= 0.3 is 0 Å². The summed E-state index contributed by atoms with van der Waals surface area (Å²) in [6.07, 6.45) is 4.46. The van der Waals surface area contributed by atoms with E-state index >= 15 is 0 Å². The maximum Gasteiger partial charge on any atom is 0.235 e. The van der Waals surface area contributed by atoms with Gasteiger partial charge in [-0.05, 0) is 60.2 Å². The van der Waals surface area contributed by atoms with Gasteiger partial charge in [0.05, 0.1) is 10.6 Å². The lowest BCUT2D eigenvalue weighted by Crippen LogP contribution is -2.47. The summed E-state index contributed by atoms with van der Waals surface area (Å²) in [5.74, 6) is -1.52. The molecule has 1 atom stereocenters. The highest BCUT2D eigenvalue weighted by Gasteiger charge is 2.53. The molecule has 2 aromatic rings. The second-order valence-corrected chi connectivity index (χ2v) is 8.04. The molecule has 1 N–H and O–H groups in total. The molecule has 1 amide bonds. The fourth-order valence-corrected chi connectivity index (χ4v) is 4.50. The number of hydrogen-bond acceptors (Lipinski definition) is 2. The number of nitrogens with one attached hydrogen (secondary N) is 1. The van der Waals surface area contributed by atoms with Crippen LogP contribution in [0.1, 0.15) is 49.1 Å². The Morgan fingerprint density at radius 1 is 1.04 bits per heavy atom. The van der Waals surface area contributed by atoms with Gasteiger partial charge in [0.2, 0.25) is 5.91 Å². The van der Waals surface area contributed by atoms with Gasteiger partial charge in [0.15, 0.2) is 5.78 Å². The summed E-state index contributed by atoms with van der Waals surface area (Å²) in [6.45, 7) is 1.90. The number of Topliss-reactive ketones (excluding diaryl/α,β-unsaturated/α-hetero) is 1. The van der Waals surface area contributed by atoms with Gasteiger partial charge in [-0.2, -0.15) is 0 Å². The fourth-order valence-electron chi connectivity index (χ4n) is 4.38. The lowest BCUT2D eigenvalue weighted by molar-refractivity contribution is -0.125. The Balaban J connectivity index is 1.74. The van der Waals surface area contributed by atoms with Gasteiger partial charge < -0.3 is 5.32 Å². The van der Waals surface area contributed by atoms with Gasteiger partial charge in [-0.3, -0.25) is 9.59 Å². The first-order valence-corrected chi connectivity index (χ1v) is 9.71. The molecule has 2 aromatic carbocycles. The second kappa shape index (κ2) is 6.75. The van der Waals surface area contributed by atoms with Crippen LogP contribution in [0.4, 0.5) is 4.39 Å². The average Bonchev–Trinajstić information content (AvgIpc) is 2.88. The first-order valence-electron chi connectivity index (χ1n) is 9.34. The normalized spacial score (nSPS) is 21.5. The molecular weight excluding hydrogens is 365 g/mol. The first-order chi connectivity index (χ1) is 12.9. The van der Waals surface area contributed by atoms with E-state index in [0.29, 0.717) is 11.1 Å². The molecule has 2 fully saturated rings. The predicted molar refractivity (Wildman–Crippen MR) is 103 cm³/mol. The van der Waals surface area contributed by atoms with E-state index < -0.39 is 17.3 Å². The van der Waals surface area contributed by atoms with Crippen molar-refractivity contribution >= 4 is 23.3 Å². The average molecular weight is 386 g/mol. The van der Waals surface area contributed by atoms with E-state index in [9.17, 15) is 14.0 Å². The van der Waals surface area contributed by atoms with Crippen LogP contribution >= 0.6 is 11.6 Å². The zero-order valence-electron chi connectivity index (χ0n) is 15.1. The molecule has 0 bridgehead atoms. The molecule has 1 saturated heterocycles. The second-order valence-electron chi connectivity index (χ2n) is 7.63. The summed E-state index contributed by atoms with van der Waals surface area (Å²) in [5, 5.41) is 3.07. The van der Waals surface area contributed by atoms with Crippen molar-refractivity contribution in [3.63, 3.8) is 0 Å². The number of amides is 1. The van der Waals surface area contributed by atoms with E-state index in [2.05, 4.69) is 5.32 Å². The molecule has 1 spiro atoms. The minimum absolute atomic E-state index is 0.0188.